The first-order valence-electron chi connectivity index (χ1n) is 6.14. The van der Waals surface area contributed by atoms with Gasteiger partial charge in [-0.3, -0.25) is 4.98 Å². The summed E-state index contributed by atoms with van der Waals surface area (Å²) in [6.07, 6.45) is 1.84. The minimum atomic E-state index is 0.786. The molecule has 4 heteroatoms. The quantitative estimate of drug-likeness (QED) is 0.810. The summed E-state index contributed by atoms with van der Waals surface area (Å²) in [4.78, 5) is 6.76. The Morgan fingerprint density at radius 1 is 1.22 bits per heavy atom. The number of hydrogen-bond acceptors (Lipinski definition) is 4. The number of rotatable bonds is 2. The molecule has 1 fully saturated rings. The summed E-state index contributed by atoms with van der Waals surface area (Å²) in [5, 5.41) is 1.14. The van der Waals surface area contributed by atoms with E-state index in [1.807, 2.05) is 18.3 Å². The normalized spacial score (nSPS) is 15.9. The molecule has 0 atom stereocenters. The van der Waals surface area contributed by atoms with E-state index in [9.17, 15) is 0 Å². The van der Waals surface area contributed by atoms with Crippen molar-refractivity contribution in [1.29, 1.82) is 0 Å². The minimum Gasteiger partial charge on any atom is -0.494 e. The first-order chi connectivity index (χ1) is 8.90. The van der Waals surface area contributed by atoms with Gasteiger partial charge in [0.2, 0.25) is 0 Å². The molecule has 1 aromatic heterocycles. The van der Waals surface area contributed by atoms with E-state index in [0.717, 1.165) is 43.0 Å². The van der Waals surface area contributed by atoms with Crippen molar-refractivity contribution in [3.8, 4) is 5.75 Å². The van der Waals surface area contributed by atoms with Crippen LogP contribution in [0.25, 0.3) is 10.9 Å². The first kappa shape index (κ1) is 11.3. The fourth-order valence-corrected chi connectivity index (χ4v) is 2.38. The number of benzene rings is 1. The van der Waals surface area contributed by atoms with E-state index in [2.05, 4.69) is 22.0 Å². The molecule has 1 aromatic carbocycles. The molecular formula is C14H16N2O2. The third kappa shape index (κ3) is 1.88. The maximum absolute atomic E-state index is 5.40. The van der Waals surface area contributed by atoms with E-state index in [0.29, 0.717) is 0 Å². The Hall–Kier alpha value is -1.81. The van der Waals surface area contributed by atoms with Gasteiger partial charge in [0.25, 0.3) is 0 Å². The average Bonchev–Trinajstić information content (AvgIpc) is 2.47. The van der Waals surface area contributed by atoms with Crippen LogP contribution in [0.5, 0.6) is 5.75 Å². The number of aromatic nitrogens is 1. The van der Waals surface area contributed by atoms with Crippen LogP contribution in [0.15, 0.2) is 30.5 Å². The van der Waals surface area contributed by atoms with Crippen molar-refractivity contribution < 1.29 is 9.47 Å². The maximum atomic E-state index is 5.40. The van der Waals surface area contributed by atoms with Crippen LogP contribution in [-0.4, -0.2) is 38.4 Å². The van der Waals surface area contributed by atoms with Gasteiger partial charge in [-0.2, -0.15) is 0 Å². The highest BCUT2D eigenvalue weighted by atomic mass is 16.5. The summed E-state index contributed by atoms with van der Waals surface area (Å²) in [6, 6.07) is 8.11. The van der Waals surface area contributed by atoms with E-state index in [-0.39, 0.29) is 0 Å². The average molecular weight is 244 g/mol. The Kier molecular flexibility index (Phi) is 3.02. The molecule has 0 N–H and O–H groups in total. The van der Waals surface area contributed by atoms with E-state index < -0.39 is 0 Å². The van der Waals surface area contributed by atoms with Crippen molar-refractivity contribution in [2.75, 3.05) is 38.3 Å². The van der Waals surface area contributed by atoms with Crippen molar-refractivity contribution in [1.82, 2.24) is 4.98 Å². The highest BCUT2D eigenvalue weighted by Gasteiger charge is 2.15. The number of ether oxygens (including phenoxy) is 2. The zero-order chi connectivity index (χ0) is 12.4. The van der Waals surface area contributed by atoms with Crippen molar-refractivity contribution in [2.24, 2.45) is 0 Å². The van der Waals surface area contributed by atoms with Crippen LogP contribution in [0.4, 0.5) is 5.69 Å². The molecule has 2 heterocycles. The van der Waals surface area contributed by atoms with Gasteiger partial charge in [0.05, 0.1) is 20.3 Å². The Balaban J connectivity index is 2.11. The molecule has 1 aliphatic rings. The zero-order valence-corrected chi connectivity index (χ0v) is 10.4. The number of anilines is 1. The van der Waals surface area contributed by atoms with Crippen LogP contribution >= 0.6 is 0 Å². The summed E-state index contributed by atoms with van der Waals surface area (Å²) in [5.74, 6) is 0.822. The topological polar surface area (TPSA) is 34.6 Å². The molecule has 0 radical (unpaired) electrons. The number of hydrogen-bond donors (Lipinski definition) is 0. The lowest BCUT2D eigenvalue weighted by molar-refractivity contribution is 0.123. The van der Waals surface area contributed by atoms with Gasteiger partial charge >= 0.3 is 0 Å². The predicted molar refractivity (Wildman–Crippen MR) is 71.3 cm³/mol. The second kappa shape index (κ2) is 4.82. The molecule has 0 spiro atoms. The molecule has 0 saturated carbocycles. The second-order valence-electron chi connectivity index (χ2n) is 4.29. The van der Waals surface area contributed by atoms with Gasteiger partial charge in [-0.25, -0.2) is 0 Å². The fourth-order valence-electron chi connectivity index (χ4n) is 2.38. The maximum Gasteiger partial charge on any atom is 0.145 e. The largest absolute Gasteiger partial charge is 0.494 e. The van der Waals surface area contributed by atoms with Crippen LogP contribution in [0.2, 0.25) is 0 Å². The molecule has 0 unspecified atom stereocenters. The van der Waals surface area contributed by atoms with Crippen molar-refractivity contribution in [2.45, 2.75) is 0 Å². The number of fused-ring (bicyclic) bond motifs is 1. The van der Waals surface area contributed by atoms with Gasteiger partial charge in [0, 0.05) is 30.4 Å². The lowest BCUT2D eigenvalue weighted by atomic mass is 10.1. The number of pyridine rings is 1. The number of methoxy groups -OCH3 is 1. The lowest BCUT2D eigenvalue weighted by Crippen LogP contribution is -2.36. The van der Waals surface area contributed by atoms with Crippen LogP contribution in [0.3, 0.4) is 0 Å². The van der Waals surface area contributed by atoms with Gasteiger partial charge in [-0.15, -0.1) is 0 Å². The zero-order valence-electron chi connectivity index (χ0n) is 10.4. The number of nitrogens with zero attached hydrogens (tertiary/aromatic N) is 2. The molecule has 0 bridgehead atoms. The van der Waals surface area contributed by atoms with Crippen molar-refractivity contribution >= 4 is 16.6 Å². The monoisotopic (exact) mass is 244 g/mol. The third-order valence-electron chi connectivity index (χ3n) is 3.28. The fraction of sp³-hybridized carbons (Fsp3) is 0.357. The Morgan fingerprint density at radius 3 is 2.83 bits per heavy atom. The summed E-state index contributed by atoms with van der Waals surface area (Å²) in [6.45, 7) is 3.42. The van der Waals surface area contributed by atoms with Gasteiger partial charge in [0.1, 0.15) is 11.3 Å². The lowest BCUT2D eigenvalue weighted by Gasteiger charge is -2.29. The molecule has 4 nitrogen and oxygen atoms in total. The van der Waals surface area contributed by atoms with Gasteiger partial charge in [0.15, 0.2) is 0 Å². The van der Waals surface area contributed by atoms with E-state index in [4.69, 9.17) is 9.47 Å². The SMILES string of the molecule is COc1cccc2c(N3CCOCC3)ccnc12. The van der Waals surface area contributed by atoms with Crippen LogP contribution in [-0.2, 0) is 4.74 Å². The molecule has 1 saturated heterocycles. The smallest absolute Gasteiger partial charge is 0.145 e. The Bertz CT molecular complexity index is 550. The van der Waals surface area contributed by atoms with Crippen LogP contribution < -0.4 is 9.64 Å². The molecule has 0 aliphatic carbocycles. The van der Waals surface area contributed by atoms with Crippen LogP contribution in [0.1, 0.15) is 0 Å². The summed E-state index contributed by atoms with van der Waals surface area (Å²) < 4.78 is 10.8. The Labute approximate surface area is 106 Å². The summed E-state index contributed by atoms with van der Waals surface area (Å²) >= 11 is 0. The first-order valence-corrected chi connectivity index (χ1v) is 6.14. The number of morpholine rings is 1. The molecule has 2 aromatic rings. The van der Waals surface area contributed by atoms with E-state index >= 15 is 0 Å². The molecule has 1 aliphatic heterocycles. The van der Waals surface area contributed by atoms with E-state index in [1.165, 1.54) is 5.69 Å². The Morgan fingerprint density at radius 2 is 2.06 bits per heavy atom. The van der Waals surface area contributed by atoms with Gasteiger partial charge < -0.3 is 14.4 Å². The van der Waals surface area contributed by atoms with Crippen LogP contribution in [0, 0.1) is 0 Å². The molecule has 0 amide bonds. The van der Waals surface area contributed by atoms with Gasteiger partial charge in [-0.1, -0.05) is 12.1 Å². The highest BCUT2D eigenvalue weighted by molar-refractivity contribution is 5.95. The van der Waals surface area contributed by atoms with Gasteiger partial charge in [-0.05, 0) is 12.1 Å². The molecule has 94 valence electrons. The third-order valence-corrected chi connectivity index (χ3v) is 3.28. The summed E-state index contributed by atoms with van der Waals surface area (Å²) in [5.41, 5.74) is 2.13. The van der Waals surface area contributed by atoms with E-state index in [1.54, 1.807) is 7.11 Å². The second-order valence-corrected chi connectivity index (χ2v) is 4.29. The number of para-hydroxylation sites is 1. The molecule has 3 rings (SSSR count). The minimum absolute atomic E-state index is 0.786. The summed E-state index contributed by atoms with van der Waals surface area (Å²) in [7, 11) is 1.68. The molecule has 18 heavy (non-hydrogen) atoms. The standard InChI is InChI=1S/C14H16N2O2/c1-17-13-4-2-3-11-12(5-6-15-14(11)13)16-7-9-18-10-8-16/h2-6H,7-10H2,1H3. The highest BCUT2D eigenvalue weighted by Crippen LogP contribution is 2.31. The van der Waals surface area contributed by atoms with Crippen molar-refractivity contribution in [3.63, 3.8) is 0 Å². The van der Waals surface area contributed by atoms with Crippen molar-refractivity contribution in [3.05, 3.63) is 30.5 Å². The predicted octanol–water partition coefficient (Wildman–Crippen LogP) is 2.08. The molecular weight excluding hydrogens is 228 g/mol.